The second-order valence-corrected chi connectivity index (χ2v) is 7.05. The Balaban J connectivity index is 0.00000210. The van der Waals surface area contributed by atoms with Crippen LogP contribution < -0.4 is 10.6 Å². The van der Waals surface area contributed by atoms with Crippen molar-refractivity contribution in [1.82, 2.24) is 19.5 Å². The third kappa shape index (κ3) is 3.86. The van der Waals surface area contributed by atoms with Gasteiger partial charge in [0.1, 0.15) is 11.3 Å². The van der Waals surface area contributed by atoms with Gasteiger partial charge in [0.2, 0.25) is 11.9 Å². The molecule has 0 atom stereocenters. The summed E-state index contributed by atoms with van der Waals surface area (Å²) in [7, 11) is 0. The Morgan fingerprint density at radius 3 is 2.59 bits per heavy atom. The molecule has 27 heavy (non-hydrogen) atoms. The van der Waals surface area contributed by atoms with Crippen molar-refractivity contribution in [2.45, 2.75) is 59.0 Å². The van der Waals surface area contributed by atoms with Crippen LogP contribution in [0.4, 0.5) is 22.0 Å². The van der Waals surface area contributed by atoms with Gasteiger partial charge in [0.15, 0.2) is 5.65 Å². The molecular weight excluding hydrogens is 343 g/mol. The predicted molar refractivity (Wildman–Crippen MR) is 108 cm³/mol. The number of aromatic nitrogens is 4. The fraction of sp³-hybridized carbons (Fsp3) is 0.450. The molecule has 1 aliphatic carbocycles. The van der Waals surface area contributed by atoms with E-state index >= 15 is 0 Å². The first-order chi connectivity index (χ1) is 12.6. The third-order valence-corrected chi connectivity index (χ3v) is 4.66. The predicted octanol–water partition coefficient (Wildman–Crippen LogP) is 5.28. The Bertz CT molecular complexity index is 914. The number of fused-ring (bicyclic) bond motifs is 1. The zero-order valence-electron chi connectivity index (χ0n) is 15.0. The molecule has 0 aliphatic heterocycles. The molecule has 1 fully saturated rings. The minimum Gasteiger partial charge on any atom is -0.352 e. The van der Waals surface area contributed by atoms with Gasteiger partial charge in [0, 0.05) is 12.1 Å². The van der Waals surface area contributed by atoms with Crippen molar-refractivity contribution < 1.29 is 4.39 Å². The number of halogens is 1. The summed E-state index contributed by atoms with van der Waals surface area (Å²) in [6.45, 7) is 4.10. The van der Waals surface area contributed by atoms with Gasteiger partial charge in [0.05, 0.1) is 11.9 Å². The van der Waals surface area contributed by atoms with E-state index in [1.165, 1.54) is 18.9 Å². The molecular formula is C20H27FN6. The number of imidazole rings is 1. The lowest BCUT2D eigenvalue weighted by atomic mass is 10.2. The van der Waals surface area contributed by atoms with Gasteiger partial charge in [-0.05, 0) is 38.8 Å². The Morgan fingerprint density at radius 1 is 1.15 bits per heavy atom. The topological polar surface area (TPSA) is 67.7 Å². The maximum Gasteiger partial charge on any atom is 0.224 e. The summed E-state index contributed by atoms with van der Waals surface area (Å²) >= 11 is 0. The molecule has 0 saturated heterocycles. The molecule has 0 radical (unpaired) electrons. The number of nitrogens with zero attached hydrogens (tertiary/aromatic N) is 4. The van der Waals surface area contributed by atoms with Gasteiger partial charge >= 0.3 is 0 Å². The molecule has 1 saturated carbocycles. The average Bonchev–Trinajstić information content (AvgIpc) is 3.23. The quantitative estimate of drug-likeness (QED) is 0.639. The van der Waals surface area contributed by atoms with E-state index < -0.39 is 0 Å². The van der Waals surface area contributed by atoms with Crippen LogP contribution in [-0.4, -0.2) is 25.6 Å². The third-order valence-electron chi connectivity index (χ3n) is 4.66. The lowest BCUT2D eigenvalue weighted by Gasteiger charge is -2.17. The Kier molecular flexibility index (Phi) is 5.58. The molecule has 7 heteroatoms. The number of benzene rings is 1. The second-order valence-electron chi connectivity index (χ2n) is 7.05. The van der Waals surface area contributed by atoms with Crippen LogP contribution >= 0.6 is 0 Å². The van der Waals surface area contributed by atoms with Gasteiger partial charge in [-0.2, -0.15) is 4.98 Å². The van der Waals surface area contributed by atoms with Crippen molar-refractivity contribution in [2.75, 3.05) is 10.6 Å². The molecule has 2 heterocycles. The van der Waals surface area contributed by atoms with Crippen LogP contribution in [0.2, 0.25) is 0 Å². The number of nitrogens with one attached hydrogen (secondary N) is 2. The normalized spacial score (nSPS) is 14.5. The van der Waals surface area contributed by atoms with E-state index in [4.69, 9.17) is 0 Å². The minimum atomic E-state index is -0.300. The second kappa shape index (κ2) is 7.90. The molecule has 0 spiro atoms. The minimum absolute atomic E-state index is 0. The number of rotatable bonds is 5. The maximum absolute atomic E-state index is 14.1. The summed E-state index contributed by atoms with van der Waals surface area (Å²) in [5.41, 5.74) is 1.91. The Hall–Kier alpha value is -2.70. The molecule has 0 unspecified atom stereocenters. The summed E-state index contributed by atoms with van der Waals surface area (Å²) in [4.78, 5) is 13.7. The van der Waals surface area contributed by atoms with Crippen molar-refractivity contribution in [2.24, 2.45) is 0 Å². The smallest absolute Gasteiger partial charge is 0.224 e. The van der Waals surface area contributed by atoms with E-state index in [0.717, 1.165) is 18.5 Å². The molecule has 4 rings (SSSR count). The van der Waals surface area contributed by atoms with Gasteiger partial charge in [-0.25, -0.2) is 14.4 Å². The fourth-order valence-corrected chi connectivity index (χ4v) is 3.50. The molecule has 1 aromatic carbocycles. The zero-order valence-corrected chi connectivity index (χ0v) is 15.0. The molecule has 0 amide bonds. The molecule has 144 valence electrons. The van der Waals surface area contributed by atoms with E-state index in [-0.39, 0.29) is 19.3 Å². The fourth-order valence-electron chi connectivity index (χ4n) is 3.50. The van der Waals surface area contributed by atoms with E-state index in [2.05, 4.69) is 30.2 Å². The standard InChI is InChI=1S/C19H23FN6.CH4/c1-12(2)22-18-21-11-16-17(25-18)26(13-7-3-4-8-13)19(24-16)23-15-10-6-5-9-14(15)20;/h5-6,9-13H,3-4,7-8H2,1-2H3,(H,23,24)(H,21,22,25);1H4. The molecule has 1 aliphatic rings. The summed E-state index contributed by atoms with van der Waals surface area (Å²) in [5.74, 6) is 0.905. The van der Waals surface area contributed by atoms with E-state index in [0.29, 0.717) is 29.1 Å². The van der Waals surface area contributed by atoms with Crippen LogP contribution in [0.15, 0.2) is 30.5 Å². The first-order valence-corrected chi connectivity index (χ1v) is 9.15. The first kappa shape index (κ1) is 19.1. The van der Waals surface area contributed by atoms with Crippen LogP contribution in [0.25, 0.3) is 11.2 Å². The Labute approximate surface area is 159 Å². The largest absolute Gasteiger partial charge is 0.352 e. The first-order valence-electron chi connectivity index (χ1n) is 9.15. The van der Waals surface area contributed by atoms with Gasteiger partial charge in [-0.1, -0.05) is 32.4 Å². The van der Waals surface area contributed by atoms with E-state index in [1.54, 1.807) is 24.4 Å². The van der Waals surface area contributed by atoms with Crippen LogP contribution in [-0.2, 0) is 0 Å². The van der Waals surface area contributed by atoms with Gasteiger partial charge in [-0.15, -0.1) is 0 Å². The number of hydrogen-bond acceptors (Lipinski definition) is 5. The molecule has 2 N–H and O–H groups in total. The summed E-state index contributed by atoms with van der Waals surface area (Å²) < 4.78 is 16.2. The highest BCUT2D eigenvalue weighted by atomic mass is 19.1. The van der Waals surface area contributed by atoms with E-state index in [9.17, 15) is 4.39 Å². The molecule has 2 aromatic heterocycles. The highest BCUT2D eigenvalue weighted by molar-refractivity contribution is 5.76. The summed E-state index contributed by atoms with van der Waals surface area (Å²) in [5, 5.41) is 6.40. The lowest BCUT2D eigenvalue weighted by molar-refractivity contribution is 0.535. The van der Waals surface area contributed by atoms with Crippen molar-refractivity contribution in [3.05, 3.63) is 36.3 Å². The highest BCUT2D eigenvalue weighted by Gasteiger charge is 2.24. The average molecular weight is 370 g/mol. The molecule has 6 nitrogen and oxygen atoms in total. The van der Waals surface area contributed by atoms with Crippen LogP contribution in [0, 0.1) is 5.82 Å². The van der Waals surface area contributed by atoms with Gasteiger partial charge in [-0.3, -0.25) is 4.57 Å². The Morgan fingerprint density at radius 2 is 1.89 bits per heavy atom. The van der Waals surface area contributed by atoms with Crippen molar-refractivity contribution >= 4 is 28.7 Å². The number of anilines is 3. The number of hydrogen-bond donors (Lipinski definition) is 2. The molecule has 3 aromatic rings. The van der Waals surface area contributed by atoms with Gasteiger partial charge in [0.25, 0.3) is 0 Å². The zero-order chi connectivity index (χ0) is 18.1. The monoisotopic (exact) mass is 370 g/mol. The van der Waals surface area contributed by atoms with Crippen LogP contribution in [0.3, 0.4) is 0 Å². The highest BCUT2D eigenvalue weighted by Crippen LogP contribution is 2.36. The number of para-hydroxylation sites is 1. The van der Waals surface area contributed by atoms with Crippen LogP contribution in [0.5, 0.6) is 0 Å². The van der Waals surface area contributed by atoms with Crippen molar-refractivity contribution in [1.29, 1.82) is 0 Å². The van der Waals surface area contributed by atoms with Crippen molar-refractivity contribution in [3.63, 3.8) is 0 Å². The SMILES string of the molecule is C.CC(C)Nc1ncc2nc(Nc3ccccc3F)n(C3CCCC3)c2n1. The van der Waals surface area contributed by atoms with Crippen LogP contribution in [0.1, 0.15) is 53.0 Å². The summed E-state index contributed by atoms with van der Waals surface area (Å²) in [6.07, 6.45) is 6.26. The maximum atomic E-state index is 14.1. The molecule has 0 bridgehead atoms. The van der Waals surface area contributed by atoms with Gasteiger partial charge < -0.3 is 10.6 Å². The lowest BCUT2D eigenvalue weighted by Crippen LogP contribution is -2.14. The summed E-state index contributed by atoms with van der Waals surface area (Å²) in [6, 6.07) is 7.19. The van der Waals surface area contributed by atoms with E-state index in [1.807, 2.05) is 13.8 Å². The van der Waals surface area contributed by atoms with Crippen molar-refractivity contribution in [3.8, 4) is 0 Å².